The third-order valence-corrected chi connectivity index (χ3v) is 5.92. The van der Waals surface area contributed by atoms with Gasteiger partial charge in [-0.25, -0.2) is 4.98 Å². The lowest BCUT2D eigenvalue weighted by Crippen LogP contribution is -2.45. The molecule has 7 heteroatoms. The molecular weight excluding hydrogens is 394 g/mol. The molecule has 4 rings (SSSR count). The van der Waals surface area contributed by atoms with Gasteiger partial charge in [-0.05, 0) is 62.1 Å². The molecular formula is C24H27N3O4. The highest BCUT2D eigenvalue weighted by Gasteiger charge is 2.35. The molecule has 0 aliphatic carbocycles. The van der Waals surface area contributed by atoms with Crippen LogP contribution in [0.3, 0.4) is 0 Å². The first-order chi connectivity index (χ1) is 15.0. The lowest BCUT2D eigenvalue weighted by molar-refractivity contribution is 0.0487. The molecule has 7 nitrogen and oxygen atoms in total. The number of pyridine rings is 1. The fraction of sp³-hybridized carbons (Fsp3) is 0.375. The van der Waals surface area contributed by atoms with Gasteiger partial charge < -0.3 is 14.8 Å². The Hall–Kier alpha value is -3.19. The second-order valence-corrected chi connectivity index (χ2v) is 7.94. The fourth-order valence-corrected chi connectivity index (χ4v) is 4.08. The molecule has 0 saturated carbocycles. The highest BCUT2D eigenvalue weighted by atomic mass is 16.5. The molecule has 1 amide bonds. The zero-order valence-corrected chi connectivity index (χ0v) is 17.9. The molecule has 1 aliphatic heterocycles. The summed E-state index contributed by atoms with van der Waals surface area (Å²) >= 11 is 0. The van der Waals surface area contributed by atoms with Crippen molar-refractivity contribution in [1.82, 2.24) is 14.7 Å². The van der Waals surface area contributed by atoms with E-state index in [9.17, 15) is 9.59 Å². The largest absolute Gasteiger partial charge is 0.494 e. The predicted molar refractivity (Wildman–Crippen MR) is 118 cm³/mol. The summed E-state index contributed by atoms with van der Waals surface area (Å²) in [7, 11) is 0. The number of aryl methyl sites for hydroxylation is 1. The molecule has 0 atom stereocenters. The Balaban J connectivity index is 1.57. The Morgan fingerprint density at radius 2 is 1.97 bits per heavy atom. The number of aromatic nitrogens is 2. The summed E-state index contributed by atoms with van der Waals surface area (Å²) in [5, 5.41) is 2.99. The summed E-state index contributed by atoms with van der Waals surface area (Å²) in [6, 6.07) is 11.7. The molecule has 3 heterocycles. The molecule has 1 aromatic carbocycles. The smallest absolute Gasteiger partial charge is 0.270 e. The lowest BCUT2D eigenvalue weighted by Gasteiger charge is -2.38. The number of rotatable bonds is 6. The number of benzene rings is 1. The van der Waals surface area contributed by atoms with Crippen molar-refractivity contribution in [2.75, 3.05) is 26.4 Å². The number of nitrogens with zero attached hydrogens (tertiary/aromatic N) is 2. The highest BCUT2D eigenvalue weighted by Crippen LogP contribution is 2.35. The molecule has 31 heavy (non-hydrogen) atoms. The SMILES string of the molecule is CCOc1ccc(C2(CNC(=O)c3cnc4cc(C)ccn4c3=O)CCOCC2)cc1. The predicted octanol–water partition coefficient (Wildman–Crippen LogP) is 2.88. The molecule has 162 valence electrons. The Morgan fingerprint density at radius 1 is 1.23 bits per heavy atom. The number of fused-ring (bicyclic) bond motifs is 1. The maximum atomic E-state index is 12.9. The van der Waals surface area contributed by atoms with Crippen LogP contribution >= 0.6 is 0 Å². The molecule has 1 aliphatic rings. The second-order valence-electron chi connectivity index (χ2n) is 7.94. The standard InChI is InChI=1S/C24H27N3O4/c1-3-31-19-6-4-18(5-7-19)24(9-12-30-13-10-24)16-26-22(28)20-15-25-21-14-17(2)8-11-27(21)23(20)29/h4-8,11,14-15H,3,9-10,12-13,16H2,1-2H3,(H,26,28). The number of hydrogen-bond donors (Lipinski definition) is 1. The van der Waals surface area contributed by atoms with E-state index in [0.29, 0.717) is 32.0 Å². The van der Waals surface area contributed by atoms with Crippen LogP contribution in [0.5, 0.6) is 5.75 Å². The van der Waals surface area contributed by atoms with E-state index in [-0.39, 0.29) is 16.5 Å². The van der Waals surface area contributed by atoms with E-state index in [2.05, 4.69) is 22.4 Å². The van der Waals surface area contributed by atoms with Crippen molar-refractivity contribution < 1.29 is 14.3 Å². The van der Waals surface area contributed by atoms with Crippen molar-refractivity contribution in [3.05, 3.63) is 75.8 Å². The van der Waals surface area contributed by atoms with E-state index in [4.69, 9.17) is 9.47 Å². The topological polar surface area (TPSA) is 81.9 Å². The van der Waals surface area contributed by atoms with Crippen LogP contribution in [0.1, 0.15) is 41.3 Å². The zero-order chi connectivity index (χ0) is 21.8. The van der Waals surface area contributed by atoms with E-state index < -0.39 is 5.91 Å². The van der Waals surface area contributed by atoms with Gasteiger partial charge in [-0.1, -0.05) is 12.1 Å². The summed E-state index contributed by atoms with van der Waals surface area (Å²) in [5.74, 6) is 0.410. The first-order valence-corrected chi connectivity index (χ1v) is 10.6. The van der Waals surface area contributed by atoms with Crippen LogP contribution < -0.4 is 15.6 Å². The minimum absolute atomic E-state index is 0.0373. The number of hydrogen-bond acceptors (Lipinski definition) is 5. The summed E-state index contributed by atoms with van der Waals surface area (Å²) in [6.07, 6.45) is 4.58. The van der Waals surface area contributed by atoms with Crippen LogP contribution in [-0.2, 0) is 10.2 Å². The van der Waals surface area contributed by atoms with E-state index in [0.717, 1.165) is 29.7 Å². The first kappa shape index (κ1) is 21.1. The van der Waals surface area contributed by atoms with Crippen LogP contribution in [0.15, 0.2) is 53.6 Å². The summed E-state index contributed by atoms with van der Waals surface area (Å²) in [5.41, 5.74) is 2.07. The fourth-order valence-electron chi connectivity index (χ4n) is 4.08. The molecule has 0 unspecified atom stereocenters. The normalized spacial score (nSPS) is 15.5. The minimum Gasteiger partial charge on any atom is -0.494 e. The van der Waals surface area contributed by atoms with Crippen molar-refractivity contribution in [2.24, 2.45) is 0 Å². The summed E-state index contributed by atoms with van der Waals surface area (Å²) < 4.78 is 12.5. The van der Waals surface area contributed by atoms with Crippen molar-refractivity contribution >= 4 is 11.6 Å². The average Bonchev–Trinajstić information content (AvgIpc) is 2.79. The average molecular weight is 421 g/mol. The molecule has 1 fully saturated rings. The number of amides is 1. The van der Waals surface area contributed by atoms with Crippen LogP contribution in [0.2, 0.25) is 0 Å². The van der Waals surface area contributed by atoms with Crippen molar-refractivity contribution in [3.63, 3.8) is 0 Å². The van der Waals surface area contributed by atoms with E-state index in [1.807, 2.05) is 38.1 Å². The summed E-state index contributed by atoms with van der Waals surface area (Å²) in [6.45, 7) is 6.17. The van der Waals surface area contributed by atoms with E-state index in [1.165, 1.54) is 10.6 Å². The first-order valence-electron chi connectivity index (χ1n) is 10.6. The Bertz CT molecular complexity index is 1130. The van der Waals surface area contributed by atoms with Gasteiger partial charge in [0.2, 0.25) is 0 Å². The van der Waals surface area contributed by atoms with Gasteiger partial charge in [0, 0.05) is 37.6 Å². The van der Waals surface area contributed by atoms with Crippen molar-refractivity contribution in [3.8, 4) is 5.75 Å². The van der Waals surface area contributed by atoms with Gasteiger partial charge >= 0.3 is 0 Å². The minimum atomic E-state index is -0.413. The number of carbonyl (C=O) groups is 1. The maximum Gasteiger partial charge on any atom is 0.270 e. The monoisotopic (exact) mass is 421 g/mol. The van der Waals surface area contributed by atoms with Gasteiger partial charge in [-0.3, -0.25) is 14.0 Å². The molecule has 1 N–H and O–H groups in total. The van der Waals surface area contributed by atoms with Gasteiger partial charge in [0.25, 0.3) is 11.5 Å². The van der Waals surface area contributed by atoms with Gasteiger partial charge in [0.15, 0.2) is 0 Å². The third kappa shape index (κ3) is 4.32. The lowest BCUT2D eigenvalue weighted by atomic mass is 9.74. The summed E-state index contributed by atoms with van der Waals surface area (Å²) in [4.78, 5) is 30.0. The molecule has 3 aromatic rings. The number of carbonyl (C=O) groups excluding carboxylic acids is 1. The number of ether oxygens (including phenoxy) is 2. The Morgan fingerprint density at radius 3 is 2.68 bits per heavy atom. The van der Waals surface area contributed by atoms with Crippen molar-refractivity contribution in [2.45, 2.75) is 32.1 Å². The highest BCUT2D eigenvalue weighted by molar-refractivity contribution is 5.93. The number of nitrogens with one attached hydrogen (secondary N) is 1. The molecule has 0 spiro atoms. The zero-order valence-electron chi connectivity index (χ0n) is 17.9. The molecule has 0 bridgehead atoms. The van der Waals surface area contributed by atoms with E-state index >= 15 is 0 Å². The van der Waals surface area contributed by atoms with Gasteiger partial charge in [-0.15, -0.1) is 0 Å². The van der Waals surface area contributed by atoms with Crippen LogP contribution in [0.4, 0.5) is 0 Å². The van der Waals surface area contributed by atoms with Gasteiger partial charge in [0.1, 0.15) is 17.0 Å². The van der Waals surface area contributed by atoms with Gasteiger partial charge in [-0.2, -0.15) is 0 Å². The third-order valence-electron chi connectivity index (χ3n) is 5.92. The quantitative estimate of drug-likeness (QED) is 0.662. The van der Waals surface area contributed by atoms with Crippen LogP contribution in [-0.4, -0.2) is 41.7 Å². The Kier molecular flexibility index (Phi) is 6.04. The maximum absolute atomic E-state index is 12.9. The van der Waals surface area contributed by atoms with E-state index in [1.54, 1.807) is 6.20 Å². The molecule has 0 radical (unpaired) electrons. The van der Waals surface area contributed by atoms with Crippen LogP contribution in [0.25, 0.3) is 5.65 Å². The molecule has 2 aromatic heterocycles. The second kappa shape index (κ2) is 8.89. The molecule has 1 saturated heterocycles. The van der Waals surface area contributed by atoms with Crippen LogP contribution in [0, 0.1) is 6.92 Å². The van der Waals surface area contributed by atoms with Gasteiger partial charge in [0.05, 0.1) is 6.61 Å². The van der Waals surface area contributed by atoms with Crippen molar-refractivity contribution in [1.29, 1.82) is 0 Å². The Labute approximate surface area is 181 Å².